The van der Waals surface area contributed by atoms with E-state index in [1.807, 2.05) is 23.1 Å². The number of aromatic amines is 1. The Balaban J connectivity index is 1.35. The van der Waals surface area contributed by atoms with Crippen LogP contribution in [0.3, 0.4) is 0 Å². The predicted octanol–water partition coefficient (Wildman–Crippen LogP) is 2.48. The normalized spacial score (nSPS) is 20.5. The van der Waals surface area contributed by atoms with Crippen LogP contribution in [0.5, 0.6) is 0 Å². The maximum absolute atomic E-state index is 12.6. The van der Waals surface area contributed by atoms with E-state index in [1.165, 1.54) is 18.4 Å². The lowest BCUT2D eigenvalue weighted by atomic mass is 9.98. The van der Waals surface area contributed by atoms with Crippen molar-refractivity contribution in [3.63, 3.8) is 0 Å². The predicted molar refractivity (Wildman–Crippen MR) is 90.6 cm³/mol. The van der Waals surface area contributed by atoms with Gasteiger partial charge in [0.2, 0.25) is 0 Å². The lowest BCUT2D eigenvalue weighted by Gasteiger charge is -2.15. The summed E-state index contributed by atoms with van der Waals surface area (Å²) in [5.41, 5.74) is 3.87. The van der Waals surface area contributed by atoms with Crippen molar-refractivity contribution in [2.45, 2.75) is 38.2 Å². The molecule has 0 radical (unpaired) electrons. The Bertz CT molecular complexity index is 718. The number of hydrogen-bond acceptors (Lipinski definition) is 3. The van der Waals surface area contributed by atoms with Crippen molar-refractivity contribution in [2.75, 3.05) is 13.1 Å². The second-order valence-electron chi connectivity index (χ2n) is 7.07. The van der Waals surface area contributed by atoms with E-state index in [4.69, 9.17) is 5.11 Å². The van der Waals surface area contributed by atoms with E-state index < -0.39 is 0 Å². The zero-order valence-corrected chi connectivity index (χ0v) is 13.7. The molecule has 1 aliphatic heterocycles. The SMILES string of the molecule is O=C(c1cc(C2CC2)[nH]n1)N1CC[C@H](Cc2ccc(CO)cc2)C1. The van der Waals surface area contributed by atoms with Gasteiger partial charge in [0.05, 0.1) is 6.61 Å². The van der Waals surface area contributed by atoms with E-state index in [9.17, 15) is 4.79 Å². The minimum Gasteiger partial charge on any atom is -0.392 e. The molecule has 5 heteroatoms. The van der Waals surface area contributed by atoms with Gasteiger partial charge in [-0.3, -0.25) is 9.89 Å². The molecule has 1 saturated carbocycles. The minimum absolute atomic E-state index is 0.0521. The molecular weight excluding hydrogens is 302 g/mol. The first-order chi connectivity index (χ1) is 11.7. The molecule has 1 aliphatic carbocycles. The van der Waals surface area contributed by atoms with E-state index in [0.717, 1.165) is 37.2 Å². The Morgan fingerprint density at radius 3 is 2.67 bits per heavy atom. The smallest absolute Gasteiger partial charge is 0.274 e. The van der Waals surface area contributed by atoms with Crippen LogP contribution in [0.25, 0.3) is 0 Å². The monoisotopic (exact) mass is 325 g/mol. The fourth-order valence-corrected chi connectivity index (χ4v) is 3.51. The molecule has 2 heterocycles. The van der Waals surface area contributed by atoms with Crippen molar-refractivity contribution in [1.29, 1.82) is 0 Å². The lowest BCUT2D eigenvalue weighted by Crippen LogP contribution is -2.29. The lowest BCUT2D eigenvalue weighted by molar-refractivity contribution is 0.0781. The Hall–Kier alpha value is -2.14. The summed E-state index contributed by atoms with van der Waals surface area (Å²) in [6.07, 6.45) is 4.42. The first-order valence-corrected chi connectivity index (χ1v) is 8.76. The fraction of sp³-hybridized carbons (Fsp3) is 0.474. The number of nitrogens with zero attached hydrogens (tertiary/aromatic N) is 2. The van der Waals surface area contributed by atoms with Crippen LogP contribution in [0.1, 0.15) is 52.5 Å². The molecule has 1 amide bonds. The number of aliphatic hydroxyl groups excluding tert-OH is 1. The van der Waals surface area contributed by atoms with E-state index >= 15 is 0 Å². The quantitative estimate of drug-likeness (QED) is 0.887. The molecule has 2 aromatic rings. The highest BCUT2D eigenvalue weighted by Crippen LogP contribution is 2.39. The summed E-state index contributed by atoms with van der Waals surface area (Å²) in [4.78, 5) is 14.5. The number of nitrogens with one attached hydrogen (secondary N) is 1. The topological polar surface area (TPSA) is 69.2 Å². The van der Waals surface area contributed by atoms with Crippen molar-refractivity contribution in [2.24, 2.45) is 5.92 Å². The molecule has 24 heavy (non-hydrogen) atoms. The second kappa shape index (κ2) is 6.40. The molecule has 2 N–H and O–H groups in total. The number of aromatic nitrogens is 2. The third-order valence-corrected chi connectivity index (χ3v) is 5.14. The number of carbonyl (C=O) groups is 1. The summed E-state index contributed by atoms with van der Waals surface area (Å²) in [5.74, 6) is 1.14. The molecule has 1 aromatic carbocycles. The van der Waals surface area contributed by atoms with E-state index in [-0.39, 0.29) is 12.5 Å². The Kier molecular flexibility index (Phi) is 4.10. The first-order valence-electron chi connectivity index (χ1n) is 8.76. The first kappa shape index (κ1) is 15.4. The number of carbonyl (C=O) groups excluding carboxylic acids is 1. The van der Waals surface area contributed by atoms with Crippen LogP contribution in [-0.4, -0.2) is 39.2 Å². The van der Waals surface area contributed by atoms with Crippen LogP contribution < -0.4 is 0 Å². The summed E-state index contributed by atoms with van der Waals surface area (Å²) >= 11 is 0. The zero-order chi connectivity index (χ0) is 16.5. The van der Waals surface area contributed by atoms with Crippen LogP contribution in [0.15, 0.2) is 30.3 Å². The van der Waals surface area contributed by atoms with E-state index in [2.05, 4.69) is 22.3 Å². The number of rotatable bonds is 5. The van der Waals surface area contributed by atoms with E-state index in [0.29, 0.717) is 17.5 Å². The van der Waals surface area contributed by atoms with Crippen LogP contribution >= 0.6 is 0 Å². The Labute approximate surface area is 141 Å². The Morgan fingerprint density at radius 2 is 1.96 bits per heavy atom. The number of H-pyrrole nitrogens is 1. The third kappa shape index (κ3) is 3.22. The molecule has 1 atom stereocenters. The van der Waals surface area contributed by atoms with Crippen molar-refractivity contribution in [3.8, 4) is 0 Å². The van der Waals surface area contributed by atoms with Crippen LogP contribution in [0.2, 0.25) is 0 Å². The van der Waals surface area contributed by atoms with Gasteiger partial charge in [0, 0.05) is 24.7 Å². The van der Waals surface area contributed by atoms with Gasteiger partial charge in [-0.1, -0.05) is 24.3 Å². The maximum atomic E-state index is 12.6. The summed E-state index contributed by atoms with van der Waals surface area (Å²) in [7, 11) is 0. The van der Waals surface area contributed by atoms with Gasteiger partial charge >= 0.3 is 0 Å². The zero-order valence-electron chi connectivity index (χ0n) is 13.7. The van der Waals surface area contributed by atoms with Crippen molar-refractivity contribution < 1.29 is 9.90 Å². The average Bonchev–Trinajstić information content (AvgIpc) is 3.16. The van der Waals surface area contributed by atoms with Gasteiger partial charge < -0.3 is 10.0 Å². The van der Waals surface area contributed by atoms with Gasteiger partial charge in [-0.2, -0.15) is 5.10 Å². The van der Waals surface area contributed by atoms with Crippen molar-refractivity contribution in [3.05, 3.63) is 52.8 Å². The highest BCUT2D eigenvalue weighted by molar-refractivity contribution is 5.92. The van der Waals surface area contributed by atoms with Crippen LogP contribution in [0, 0.1) is 5.92 Å². The molecule has 1 aromatic heterocycles. The van der Waals surface area contributed by atoms with E-state index in [1.54, 1.807) is 0 Å². The third-order valence-electron chi connectivity index (χ3n) is 5.14. The molecule has 0 bridgehead atoms. The highest BCUT2D eigenvalue weighted by Gasteiger charge is 2.30. The van der Waals surface area contributed by atoms with Gasteiger partial charge in [-0.25, -0.2) is 0 Å². The number of aliphatic hydroxyl groups is 1. The number of likely N-dealkylation sites (tertiary alicyclic amines) is 1. The molecular formula is C19H23N3O2. The number of hydrogen-bond donors (Lipinski definition) is 2. The summed E-state index contributed by atoms with van der Waals surface area (Å²) < 4.78 is 0. The largest absolute Gasteiger partial charge is 0.392 e. The molecule has 0 spiro atoms. The maximum Gasteiger partial charge on any atom is 0.274 e. The summed E-state index contributed by atoms with van der Waals surface area (Å²) in [6, 6.07) is 10.0. The van der Waals surface area contributed by atoms with Gasteiger partial charge in [-0.15, -0.1) is 0 Å². The fourth-order valence-electron chi connectivity index (χ4n) is 3.51. The molecule has 4 rings (SSSR count). The van der Waals surface area contributed by atoms with Gasteiger partial charge in [0.15, 0.2) is 0 Å². The molecule has 2 aliphatic rings. The average molecular weight is 325 g/mol. The number of amides is 1. The second-order valence-corrected chi connectivity index (χ2v) is 7.07. The highest BCUT2D eigenvalue weighted by atomic mass is 16.3. The molecule has 1 saturated heterocycles. The minimum atomic E-state index is 0.0521. The molecule has 2 fully saturated rings. The Morgan fingerprint density at radius 1 is 1.21 bits per heavy atom. The van der Waals surface area contributed by atoms with Crippen LogP contribution in [0.4, 0.5) is 0 Å². The van der Waals surface area contributed by atoms with Gasteiger partial charge in [0.25, 0.3) is 5.91 Å². The standard InChI is InChI=1S/C19H23N3O2/c23-12-14-3-1-13(2-4-14)9-15-7-8-22(11-15)19(24)18-10-17(20-21-18)16-5-6-16/h1-4,10,15-16,23H,5-9,11-12H2,(H,20,21)/t15-/m1/s1. The van der Waals surface area contributed by atoms with Gasteiger partial charge in [0.1, 0.15) is 5.69 Å². The summed E-state index contributed by atoms with van der Waals surface area (Å²) in [6.45, 7) is 1.69. The molecule has 0 unspecified atom stereocenters. The molecule has 5 nitrogen and oxygen atoms in total. The van der Waals surface area contributed by atoms with Gasteiger partial charge in [-0.05, 0) is 48.8 Å². The summed E-state index contributed by atoms with van der Waals surface area (Å²) in [5, 5.41) is 16.3. The van der Waals surface area contributed by atoms with Crippen molar-refractivity contribution >= 4 is 5.91 Å². The van der Waals surface area contributed by atoms with Crippen LogP contribution in [-0.2, 0) is 13.0 Å². The van der Waals surface area contributed by atoms with Crippen molar-refractivity contribution in [1.82, 2.24) is 15.1 Å². The number of benzene rings is 1. The molecule has 126 valence electrons.